The number of aromatic nitrogens is 4. The van der Waals surface area contributed by atoms with E-state index >= 15 is 0 Å². The minimum atomic E-state index is -0.216. The summed E-state index contributed by atoms with van der Waals surface area (Å²) < 4.78 is 1.74. The molecule has 6 nitrogen and oxygen atoms in total. The van der Waals surface area contributed by atoms with Crippen LogP contribution in [0, 0.1) is 0 Å². The van der Waals surface area contributed by atoms with Crippen LogP contribution in [0.3, 0.4) is 0 Å². The van der Waals surface area contributed by atoms with E-state index in [4.69, 9.17) is 0 Å². The topological polar surface area (TPSA) is 63.9 Å². The van der Waals surface area contributed by atoms with Crippen molar-refractivity contribution in [1.82, 2.24) is 20.2 Å². The fraction of sp³-hybridized carbons (Fsp3) is 0.500. The standard InChI is InChI=1S/C16H23N5OS/c1-12(2)20(13-9-7-6-8-10-13)14(22)11-23-15-17-18-19-21(15)16(3,4)5/h6-10,12H,11H2,1-5H3. The van der Waals surface area contributed by atoms with E-state index in [0.717, 1.165) is 5.69 Å². The van der Waals surface area contributed by atoms with Gasteiger partial charge in [0, 0.05) is 11.7 Å². The Morgan fingerprint density at radius 1 is 1.26 bits per heavy atom. The second kappa shape index (κ2) is 7.12. The van der Waals surface area contributed by atoms with Crippen LogP contribution in [0.1, 0.15) is 34.6 Å². The quantitative estimate of drug-likeness (QED) is 0.787. The van der Waals surface area contributed by atoms with Crippen molar-refractivity contribution < 1.29 is 4.79 Å². The van der Waals surface area contributed by atoms with Gasteiger partial charge in [-0.25, -0.2) is 4.68 Å². The minimum Gasteiger partial charge on any atom is -0.309 e. The van der Waals surface area contributed by atoms with Crippen LogP contribution in [0.15, 0.2) is 35.5 Å². The van der Waals surface area contributed by atoms with Crippen molar-refractivity contribution in [3.05, 3.63) is 30.3 Å². The number of carbonyl (C=O) groups is 1. The molecule has 1 amide bonds. The number of amides is 1. The highest BCUT2D eigenvalue weighted by atomic mass is 32.2. The van der Waals surface area contributed by atoms with E-state index in [-0.39, 0.29) is 17.5 Å². The van der Waals surface area contributed by atoms with Crippen molar-refractivity contribution in [2.75, 3.05) is 10.7 Å². The first-order valence-corrected chi connectivity index (χ1v) is 8.58. The number of nitrogens with zero attached hydrogens (tertiary/aromatic N) is 5. The molecule has 0 radical (unpaired) electrons. The van der Waals surface area contributed by atoms with Gasteiger partial charge in [0.05, 0.1) is 11.3 Å². The van der Waals surface area contributed by atoms with Crippen LogP contribution in [0.2, 0.25) is 0 Å². The molecular formula is C16H23N5OS. The highest BCUT2D eigenvalue weighted by molar-refractivity contribution is 7.99. The smallest absolute Gasteiger partial charge is 0.237 e. The highest BCUT2D eigenvalue weighted by Crippen LogP contribution is 2.23. The van der Waals surface area contributed by atoms with Crippen LogP contribution in [-0.2, 0) is 10.3 Å². The Kier molecular flexibility index (Phi) is 5.41. The molecule has 0 aliphatic rings. The Hall–Kier alpha value is -1.89. The van der Waals surface area contributed by atoms with E-state index < -0.39 is 0 Å². The van der Waals surface area contributed by atoms with Gasteiger partial charge in [0.25, 0.3) is 0 Å². The average molecular weight is 333 g/mol. The van der Waals surface area contributed by atoms with Crippen LogP contribution in [0.25, 0.3) is 0 Å². The van der Waals surface area contributed by atoms with E-state index in [1.54, 1.807) is 9.58 Å². The molecule has 0 bridgehead atoms. The van der Waals surface area contributed by atoms with Crippen LogP contribution in [0.5, 0.6) is 0 Å². The first kappa shape index (κ1) is 17.5. The lowest BCUT2D eigenvalue weighted by Gasteiger charge is -2.27. The summed E-state index contributed by atoms with van der Waals surface area (Å²) in [5.41, 5.74) is 0.690. The van der Waals surface area contributed by atoms with Gasteiger partial charge in [-0.05, 0) is 57.2 Å². The fourth-order valence-electron chi connectivity index (χ4n) is 2.20. The Bertz CT molecular complexity index is 648. The first-order chi connectivity index (χ1) is 10.8. The fourth-order valence-corrected chi connectivity index (χ4v) is 3.12. The van der Waals surface area contributed by atoms with Crippen molar-refractivity contribution >= 4 is 23.4 Å². The van der Waals surface area contributed by atoms with E-state index in [2.05, 4.69) is 15.5 Å². The number of rotatable bonds is 5. The van der Waals surface area contributed by atoms with Crippen LogP contribution in [0.4, 0.5) is 5.69 Å². The largest absolute Gasteiger partial charge is 0.309 e. The molecule has 2 aromatic rings. The third kappa shape index (κ3) is 4.31. The molecule has 1 aromatic carbocycles. The molecule has 1 heterocycles. The van der Waals surface area contributed by atoms with Gasteiger partial charge in [-0.15, -0.1) is 5.10 Å². The Morgan fingerprint density at radius 3 is 2.48 bits per heavy atom. The molecule has 1 aromatic heterocycles. The molecule has 0 saturated carbocycles. The van der Waals surface area contributed by atoms with Crippen molar-refractivity contribution in [3.8, 4) is 0 Å². The second-order valence-corrected chi connectivity index (χ2v) is 7.47. The summed E-state index contributed by atoms with van der Waals surface area (Å²) in [4.78, 5) is 14.5. The molecule has 0 saturated heterocycles. The maximum Gasteiger partial charge on any atom is 0.237 e. The molecular weight excluding hydrogens is 310 g/mol. The molecule has 2 rings (SSSR count). The molecule has 0 fully saturated rings. The molecule has 7 heteroatoms. The van der Waals surface area contributed by atoms with Crippen LogP contribution < -0.4 is 4.90 Å². The van der Waals surface area contributed by atoms with Crippen LogP contribution in [-0.4, -0.2) is 37.9 Å². The summed E-state index contributed by atoms with van der Waals surface area (Å²) in [5.74, 6) is 0.337. The van der Waals surface area contributed by atoms with Gasteiger partial charge in [-0.1, -0.05) is 30.0 Å². The Labute approximate surface area is 141 Å². The predicted molar refractivity (Wildman–Crippen MR) is 92.6 cm³/mol. The van der Waals surface area contributed by atoms with Gasteiger partial charge in [0.2, 0.25) is 11.1 Å². The molecule has 124 valence electrons. The summed E-state index contributed by atoms with van der Waals surface area (Å²) in [6.45, 7) is 10.1. The summed E-state index contributed by atoms with van der Waals surface area (Å²) in [6.07, 6.45) is 0. The zero-order chi connectivity index (χ0) is 17.0. The lowest BCUT2D eigenvalue weighted by Crippen LogP contribution is -2.38. The molecule has 0 N–H and O–H groups in total. The number of tetrazole rings is 1. The molecule has 0 spiro atoms. The van der Waals surface area contributed by atoms with E-state index in [1.165, 1.54) is 11.8 Å². The maximum atomic E-state index is 12.7. The van der Waals surface area contributed by atoms with Crippen molar-refractivity contribution in [3.63, 3.8) is 0 Å². The molecule has 0 unspecified atom stereocenters. The summed E-state index contributed by atoms with van der Waals surface area (Å²) in [7, 11) is 0. The van der Waals surface area contributed by atoms with Crippen LogP contribution >= 0.6 is 11.8 Å². The first-order valence-electron chi connectivity index (χ1n) is 7.59. The molecule has 23 heavy (non-hydrogen) atoms. The van der Waals surface area contributed by atoms with Gasteiger partial charge >= 0.3 is 0 Å². The van der Waals surface area contributed by atoms with Gasteiger partial charge in [0.15, 0.2) is 0 Å². The lowest BCUT2D eigenvalue weighted by atomic mass is 10.1. The van der Waals surface area contributed by atoms with Gasteiger partial charge in [0.1, 0.15) is 0 Å². The third-order valence-electron chi connectivity index (χ3n) is 3.22. The van der Waals surface area contributed by atoms with Crippen molar-refractivity contribution in [2.45, 2.75) is 51.4 Å². The Morgan fingerprint density at radius 2 is 1.91 bits per heavy atom. The maximum absolute atomic E-state index is 12.7. The number of hydrogen-bond acceptors (Lipinski definition) is 5. The van der Waals surface area contributed by atoms with Gasteiger partial charge in [-0.3, -0.25) is 4.79 Å². The Balaban J connectivity index is 2.11. The summed E-state index contributed by atoms with van der Waals surface area (Å²) in [5, 5.41) is 12.4. The number of hydrogen-bond donors (Lipinski definition) is 0. The van der Waals surface area contributed by atoms with Crippen molar-refractivity contribution in [2.24, 2.45) is 0 Å². The van der Waals surface area contributed by atoms with Gasteiger partial charge < -0.3 is 4.90 Å². The average Bonchev–Trinajstić information content (AvgIpc) is 2.94. The molecule has 0 aliphatic heterocycles. The zero-order valence-electron chi connectivity index (χ0n) is 14.2. The number of anilines is 1. The van der Waals surface area contributed by atoms with E-state index in [1.807, 2.05) is 65.0 Å². The number of para-hydroxylation sites is 1. The summed E-state index contributed by atoms with van der Waals surface area (Å²) >= 11 is 1.36. The SMILES string of the molecule is CC(C)N(C(=O)CSc1nnnn1C(C)(C)C)c1ccccc1. The number of benzene rings is 1. The second-order valence-electron chi connectivity index (χ2n) is 6.53. The summed E-state index contributed by atoms with van der Waals surface area (Å²) in [6, 6.07) is 9.79. The molecule has 0 atom stereocenters. The van der Waals surface area contributed by atoms with Crippen molar-refractivity contribution in [1.29, 1.82) is 0 Å². The monoisotopic (exact) mass is 333 g/mol. The highest BCUT2D eigenvalue weighted by Gasteiger charge is 2.23. The number of thioether (sulfide) groups is 1. The van der Waals surface area contributed by atoms with E-state index in [9.17, 15) is 4.79 Å². The lowest BCUT2D eigenvalue weighted by molar-refractivity contribution is -0.116. The zero-order valence-corrected chi connectivity index (χ0v) is 15.0. The third-order valence-corrected chi connectivity index (χ3v) is 4.12. The van der Waals surface area contributed by atoms with Gasteiger partial charge in [-0.2, -0.15) is 0 Å². The predicted octanol–water partition coefficient (Wildman–Crippen LogP) is 2.96. The van der Waals surface area contributed by atoms with E-state index in [0.29, 0.717) is 10.9 Å². The number of carbonyl (C=O) groups excluding carboxylic acids is 1. The molecule has 0 aliphatic carbocycles. The minimum absolute atomic E-state index is 0.0414. The normalized spacial score (nSPS) is 11.7.